The molecule has 3 rings (SSSR count). The Morgan fingerprint density at radius 1 is 1.12 bits per heavy atom. The summed E-state index contributed by atoms with van der Waals surface area (Å²) in [6.45, 7) is -0.234. The van der Waals surface area contributed by atoms with E-state index in [-0.39, 0.29) is 12.3 Å². The van der Waals surface area contributed by atoms with Crippen molar-refractivity contribution in [2.45, 2.75) is 5.60 Å². The molecule has 0 aliphatic carbocycles. The second kappa shape index (κ2) is 7.37. The normalized spacial score (nSPS) is 14.6. The van der Waals surface area contributed by atoms with Gasteiger partial charge < -0.3 is 9.52 Å². The molecule has 1 unspecified atom stereocenters. The highest BCUT2D eigenvalue weighted by molar-refractivity contribution is 7.92. The van der Waals surface area contributed by atoms with Crippen LogP contribution in [0, 0.1) is 0 Å². The molecule has 2 aromatic heterocycles. The molecule has 2 heterocycles. The molecule has 0 fully saturated rings. The first kappa shape index (κ1) is 17.6. The van der Waals surface area contributed by atoms with Crippen molar-refractivity contribution in [1.29, 1.82) is 0 Å². The van der Waals surface area contributed by atoms with Gasteiger partial charge in [0, 0.05) is 10.3 Å². The number of sulfonamides is 1. The van der Waals surface area contributed by atoms with Crippen molar-refractivity contribution in [3.8, 4) is 0 Å². The number of nitrogens with one attached hydrogen (secondary N) is 1. The predicted molar refractivity (Wildman–Crippen MR) is 98.4 cm³/mol. The van der Waals surface area contributed by atoms with Crippen molar-refractivity contribution in [3.63, 3.8) is 0 Å². The van der Waals surface area contributed by atoms with Gasteiger partial charge in [0.15, 0.2) is 5.60 Å². The molecular formula is C18H17NO4S2. The lowest BCUT2D eigenvalue weighted by atomic mass is 9.99. The van der Waals surface area contributed by atoms with Crippen LogP contribution >= 0.6 is 11.3 Å². The van der Waals surface area contributed by atoms with E-state index in [2.05, 4.69) is 4.72 Å². The third-order valence-electron chi connectivity index (χ3n) is 3.63. The molecule has 7 heteroatoms. The molecule has 0 spiro atoms. The molecule has 1 atom stereocenters. The zero-order valence-electron chi connectivity index (χ0n) is 13.2. The van der Waals surface area contributed by atoms with Crippen molar-refractivity contribution < 1.29 is 17.9 Å². The maximum atomic E-state index is 12.3. The maximum absolute atomic E-state index is 12.3. The monoisotopic (exact) mass is 375 g/mol. The number of rotatable bonds is 7. The minimum atomic E-state index is -3.72. The lowest BCUT2D eigenvalue weighted by Gasteiger charge is -2.24. The minimum absolute atomic E-state index is 0.234. The van der Waals surface area contributed by atoms with Gasteiger partial charge in [-0.15, -0.1) is 11.3 Å². The molecular weight excluding hydrogens is 358 g/mol. The van der Waals surface area contributed by atoms with E-state index < -0.39 is 15.6 Å². The number of hydrogen-bond acceptors (Lipinski definition) is 5. The van der Waals surface area contributed by atoms with E-state index in [1.165, 1.54) is 23.7 Å². The Labute approximate surface area is 150 Å². The summed E-state index contributed by atoms with van der Waals surface area (Å²) in [4.78, 5) is 0.595. The summed E-state index contributed by atoms with van der Waals surface area (Å²) in [5, 5.41) is 13.9. The number of hydrogen-bond donors (Lipinski definition) is 2. The number of aliphatic hydroxyl groups is 1. The fourth-order valence-electron chi connectivity index (χ4n) is 2.31. The molecule has 130 valence electrons. The van der Waals surface area contributed by atoms with E-state index in [1.807, 2.05) is 23.6 Å². The zero-order valence-corrected chi connectivity index (χ0v) is 14.8. The third-order valence-corrected chi connectivity index (χ3v) is 5.69. The fraction of sp³-hybridized carbons (Fsp3) is 0.111. The molecule has 5 nitrogen and oxygen atoms in total. The molecule has 0 aliphatic rings. The SMILES string of the molecule is O=S(=O)(/C=C/c1ccccc1)NCC(O)(c1ccco1)c1cccs1. The van der Waals surface area contributed by atoms with Gasteiger partial charge in [-0.3, -0.25) is 0 Å². The standard InChI is InChI=1S/C18H17NO4S2/c20-18(16-8-4-11-23-16,17-9-5-12-24-17)14-19-25(21,22)13-10-15-6-2-1-3-7-15/h1-13,19-20H,14H2/b13-10+. The fourth-order valence-corrected chi connectivity index (χ4v) is 3.98. The Kier molecular flexibility index (Phi) is 5.19. The van der Waals surface area contributed by atoms with Crippen molar-refractivity contribution in [2.24, 2.45) is 0 Å². The molecule has 3 aromatic rings. The lowest BCUT2D eigenvalue weighted by Crippen LogP contribution is -2.40. The van der Waals surface area contributed by atoms with E-state index in [0.29, 0.717) is 4.88 Å². The van der Waals surface area contributed by atoms with Gasteiger partial charge in [-0.1, -0.05) is 36.4 Å². The summed E-state index contributed by atoms with van der Waals surface area (Å²) in [6.07, 6.45) is 2.94. The first-order valence-electron chi connectivity index (χ1n) is 7.53. The molecule has 1 aromatic carbocycles. The van der Waals surface area contributed by atoms with Gasteiger partial charge in [0.2, 0.25) is 10.0 Å². The summed E-state index contributed by atoms with van der Waals surface area (Å²) in [5.74, 6) is 0.282. The van der Waals surface area contributed by atoms with Crippen molar-refractivity contribution >= 4 is 27.4 Å². The highest BCUT2D eigenvalue weighted by Crippen LogP contribution is 2.32. The van der Waals surface area contributed by atoms with Crippen LogP contribution in [0.4, 0.5) is 0 Å². The molecule has 0 bridgehead atoms. The predicted octanol–water partition coefficient (Wildman–Crippen LogP) is 3.17. The molecule has 2 N–H and O–H groups in total. The van der Waals surface area contributed by atoms with Gasteiger partial charge in [0.1, 0.15) is 5.76 Å². The van der Waals surface area contributed by atoms with Crippen molar-refractivity contribution in [2.75, 3.05) is 6.54 Å². The van der Waals surface area contributed by atoms with E-state index in [1.54, 1.807) is 36.4 Å². The number of thiophene rings is 1. The van der Waals surface area contributed by atoms with Crippen LogP contribution in [-0.4, -0.2) is 20.1 Å². The topological polar surface area (TPSA) is 79.5 Å². The second-order valence-corrected chi connectivity index (χ2v) is 7.99. The van der Waals surface area contributed by atoms with Crippen LogP contribution < -0.4 is 4.72 Å². The van der Waals surface area contributed by atoms with Crippen LogP contribution in [0.15, 0.2) is 76.1 Å². The van der Waals surface area contributed by atoms with E-state index in [4.69, 9.17) is 4.42 Å². The van der Waals surface area contributed by atoms with Gasteiger partial charge in [-0.05, 0) is 35.2 Å². The largest absolute Gasteiger partial charge is 0.466 e. The van der Waals surface area contributed by atoms with E-state index >= 15 is 0 Å². The average Bonchev–Trinajstić information content (AvgIpc) is 3.33. The molecule has 0 amide bonds. The molecule has 0 aliphatic heterocycles. The Balaban J connectivity index is 1.78. The second-order valence-electron chi connectivity index (χ2n) is 5.39. The Morgan fingerprint density at radius 2 is 1.92 bits per heavy atom. The third kappa shape index (κ3) is 4.26. The molecule has 0 saturated heterocycles. The molecule has 0 saturated carbocycles. The van der Waals surface area contributed by atoms with Gasteiger partial charge in [0.05, 0.1) is 12.8 Å². The van der Waals surface area contributed by atoms with Crippen LogP contribution in [0.5, 0.6) is 0 Å². The van der Waals surface area contributed by atoms with Crippen LogP contribution in [0.2, 0.25) is 0 Å². The summed E-state index contributed by atoms with van der Waals surface area (Å²) in [7, 11) is -3.72. The molecule has 25 heavy (non-hydrogen) atoms. The summed E-state index contributed by atoms with van der Waals surface area (Å²) in [5.41, 5.74) is -0.793. The Morgan fingerprint density at radius 3 is 2.56 bits per heavy atom. The van der Waals surface area contributed by atoms with Crippen LogP contribution in [0.1, 0.15) is 16.2 Å². The smallest absolute Gasteiger partial charge is 0.233 e. The van der Waals surface area contributed by atoms with Crippen LogP contribution in [0.3, 0.4) is 0 Å². The first-order valence-corrected chi connectivity index (χ1v) is 9.95. The van der Waals surface area contributed by atoms with E-state index in [0.717, 1.165) is 11.0 Å². The van der Waals surface area contributed by atoms with Crippen LogP contribution in [0.25, 0.3) is 6.08 Å². The van der Waals surface area contributed by atoms with Crippen molar-refractivity contribution in [3.05, 3.63) is 87.8 Å². The zero-order chi connectivity index (χ0) is 17.8. The van der Waals surface area contributed by atoms with Crippen LogP contribution in [-0.2, 0) is 15.6 Å². The summed E-state index contributed by atoms with van der Waals surface area (Å²) < 4.78 is 32.3. The highest BCUT2D eigenvalue weighted by Gasteiger charge is 2.36. The van der Waals surface area contributed by atoms with Gasteiger partial charge in [-0.2, -0.15) is 0 Å². The van der Waals surface area contributed by atoms with E-state index in [9.17, 15) is 13.5 Å². The number of furan rings is 1. The molecule has 0 radical (unpaired) electrons. The Hall–Kier alpha value is -2.19. The average molecular weight is 375 g/mol. The maximum Gasteiger partial charge on any atom is 0.233 e. The summed E-state index contributed by atoms with van der Waals surface area (Å²) in [6, 6.07) is 15.9. The van der Waals surface area contributed by atoms with Crippen molar-refractivity contribution in [1.82, 2.24) is 4.72 Å². The highest BCUT2D eigenvalue weighted by atomic mass is 32.2. The number of benzene rings is 1. The van der Waals surface area contributed by atoms with Gasteiger partial charge in [0.25, 0.3) is 0 Å². The Bertz CT molecular complexity index is 881. The minimum Gasteiger partial charge on any atom is -0.466 e. The van der Waals surface area contributed by atoms with Gasteiger partial charge in [-0.25, -0.2) is 13.1 Å². The lowest BCUT2D eigenvalue weighted by molar-refractivity contribution is 0.0656. The summed E-state index contributed by atoms with van der Waals surface area (Å²) >= 11 is 1.33. The van der Waals surface area contributed by atoms with Gasteiger partial charge >= 0.3 is 0 Å². The quantitative estimate of drug-likeness (QED) is 0.665. The first-order chi connectivity index (χ1) is 12.0.